The first-order chi connectivity index (χ1) is 12.2. The lowest BCUT2D eigenvalue weighted by molar-refractivity contribution is -0.0113. The van der Waals surface area contributed by atoms with Crippen LogP contribution in [0.25, 0.3) is 0 Å². The van der Waals surface area contributed by atoms with Crippen LogP contribution < -0.4 is 10.1 Å². The number of carbonyl (C=O) groups is 1. The second kappa shape index (κ2) is 7.98. The molecule has 1 saturated heterocycles. The van der Waals surface area contributed by atoms with E-state index in [1.54, 1.807) is 36.3 Å². The minimum atomic E-state index is -0.258. The summed E-state index contributed by atoms with van der Waals surface area (Å²) in [5.74, 6) is 0.359. The molecule has 1 aliphatic rings. The van der Waals surface area contributed by atoms with Gasteiger partial charge in [-0.2, -0.15) is 0 Å². The molecule has 1 atom stereocenters. The zero-order valence-electron chi connectivity index (χ0n) is 14.1. The normalized spacial score (nSPS) is 17.2. The lowest BCUT2D eigenvalue weighted by Gasteiger charge is -2.33. The number of rotatable bonds is 4. The van der Waals surface area contributed by atoms with Crippen LogP contribution in [0.5, 0.6) is 5.75 Å². The average Bonchev–Trinajstić information content (AvgIpc) is 2.64. The molecule has 1 aliphatic heterocycles. The van der Waals surface area contributed by atoms with Crippen LogP contribution in [0.15, 0.2) is 48.5 Å². The molecule has 2 aromatic rings. The lowest BCUT2D eigenvalue weighted by Crippen LogP contribution is -2.48. The standard InChI is InChI=1S/C19H21FN2O3/c1-24-18-5-3-2-4-17(18)21-19(23)22-10-11-25-16(13-22)12-14-6-8-15(20)9-7-14/h2-9,16H,10-13H2,1H3,(H,21,23)/t16-/m0/s1. The van der Waals surface area contributed by atoms with Gasteiger partial charge in [0.05, 0.1) is 25.5 Å². The number of amides is 2. The number of anilines is 1. The van der Waals surface area contributed by atoms with E-state index in [9.17, 15) is 9.18 Å². The molecule has 1 fully saturated rings. The van der Waals surface area contributed by atoms with Crippen molar-refractivity contribution >= 4 is 11.7 Å². The van der Waals surface area contributed by atoms with Crippen LogP contribution in [0, 0.1) is 5.82 Å². The van der Waals surface area contributed by atoms with Gasteiger partial charge in [-0.1, -0.05) is 24.3 Å². The number of para-hydroxylation sites is 2. The van der Waals surface area contributed by atoms with Crippen molar-refractivity contribution in [2.75, 3.05) is 32.1 Å². The van der Waals surface area contributed by atoms with E-state index in [0.717, 1.165) is 5.56 Å². The monoisotopic (exact) mass is 344 g/mol. The minimum Gasteiger partial charge on any atom is -0.495 e. The maximum absolute atomic E-state index is 13.0. The van der Waals surface area contributed by atoms with Crippen molar-refractivity contribution < 1.29 is 18.7 Å². The third-order valence-corrected chi connectivity index (χ3v) is 4.15. The van der Waals surface area contributed by atoms with Gasteiger partial charge in [0.25, 0.3) is 0 Å². The highest BCUT2D eigenvalue weighted by Crippen LogP contribution is 2.23. The molecule has 0 aromatic heterocycles. The van der Waals surface area contributed by atoms with E-state index >= 15 is 0 Å². The van der Waals surface area contributed by atoms with E-state index in [4.69, 9.17) is 9.47 Å². The van der Waals surface area contributed by atoms with Crippen LogP contribution in [-0.2, 0) is 11.2 Å². The summed E-state index contributed by atoms with van der Waals surface area (Å²) in [7, 11) is 1.57. The largest absolute Gasteiger partial charge is 0.495 e. The first-order valence-corrected chi connectivity index (χ1v) is 8.20. The Labute approximate surface area is 146 Å². The average molecular weight is 344 g/mol. The number of hydrogen-bond donors (Lipinski definition) is 1. The van der Waals surface area contributed by atoms with Crippen LogP contribution >= 0.6 is 0 Å². The summed E-state index contributed by atoms with van der Waals surface area (Å²) < 4.78 is 24.0. The molecule has 3 rings (SSSR count). The first-order valence-electron chi connectivity index (χ1n) is 8.20. The predicted octanol–water partition coefficient (Wildman–Crippen LogP) is 3.31. The molecule has 0 spiro atoms. The van der Waals surface area contributed by atoms with Crippen molar-refractivity contribution in [2.24, 2.45) is 0 Å². The molecule has 0 bridgehead atoms. The van der Waals surface area contributed by atoms with E-state index in [1.807, 2.05) is 12.1 Å². The highest BCUT2D eigenvalue weighted by Gasteiger charge is 2.25. The van der Waals surface area contributed by atoms with Crippen molar-refractivity contribution in [3.63, 3.8) is 0 Å². The SMILES string of the molecule is COc1ccccc1NC(=O)N1CCO[C@@H](Cc2ccc(F)cc2)C1. The molecule has 1 heterocycles. The minimum absolute atomic E-state index is 0.109. The predicted molar refractivity (Wildman–Crippen MR) is 93.4 cm³/mol. The second-order valence-corrected chi connectivity index (χ2v) is 5.90. The van der Waals surface area contributed by atoms with Gasteiger partial charge in [-0.05, 0) is 29.8 Å². The second-order valence-electron chi connectivity index (χ2n) is 5.90. The van der Waals surface area contributed by atoms with Crippen molar-refractivity contribution in [3.05, 3.63) is 59.9 Å². The number of nitrogens with zero attached hydrogens (tertiary/aromatic N) is 1. The fourth-order valence-corrected chi connectivity index (χ4v) is 2.85. The van der Waals surface area contributed by atoms with Gasteiger partial charge in [0, 0.05) is 19.5 Å². The number of benzene rings is 2. The highest BCUT2D eigenvalue weighted by molar-refractivity contribution is 5.91. The Bertz CT molecular complexity index is 721. The van der Waals surface area contributed by atoms with Gasteiger partial charge in [0.2, 0.25) is 0 Å². The molecule has 6 heteroatoms. The van der Waals surface area contributed by atoms with E-state index in [1.165, 1.54) is 12.1 Å². The molecule has 0 unspecified atom stereocenters. The van der Waals surface area contributed by atoms with Gasteiger partial charge < -0.3 is 19.7 Å². The Morgan fingerprint density at radius 1 is 1.28 bits per heavy atom. The number of methoxy groups -OCH3 is 1. The molecule has 132 valence electrons. The number of hydrogen-bond acceptors (Lipinski definition) is 3. The number of morpholine rings is 1. The van der Waals surface area contributed by atoms with Crippen LogP contribution in [0.4, 0.5) is 14.9 Å². The van der Waals surface area contributed by atoms with E-state index in [-0.39, 0.29) is 18.0 Å². The fourth-order valence-electron chi connectivity index (χ4n) is 2.85. The van der Waals surface area contributed by atoms with Crippen molar-refractivity contribution in [3.8, 4) is 5.75 Å². The van der Waals surface area contributed by atoms with Gasteiger partial charge in [-0.3, -0.25) is 0 Å². The first kappa shape index (κ1) is 17.2. The molecule has 0 radical (unpaired) electrons. The summed E-state index contributed by atoms with van der Waals surface area (Å²) in [4.78, 5) is 14.3. The summed E-state index contributed by atoms with van der Waals surface area (Å²) in [6.45, 7) is 1.49. The molecule has 1 N–H and O–H groups in total. The number of halogens is 1. The Balaban J connectivity index is 1.60. The molecule has 2 amide bonds. The van der Waals surface area contributed by atoms with Gasteiger partial charge in [-0.15, -0.1) is 0 Å². The van der Waals surface area contributed by atoms with Gasteiger partial charge >= 0.3 is 6.03 Å². The molecule has 0 saturated carbocycles. The molecule has 25 heavy (non-hydrogen) atoms. The van der Waals surface area contributed by atoms with Gasteiger partial charge in [-0.25, -0.2) is 9.18 Å². The lowest BCUT2D eigenvalue weighted by atomic mass is 10.1. The van der Waals surface area contributed by atoms with Gasteiger partial charge in [0.1, 0.15) is 11.6 Å². The zero-order chi connectivity index (χ0) is 17.6. The van der Waals surface area contributed by atoms with Crippen LogP contribution in [0.1, 0.15) is 5.56 Å². The molecule has 2 aromatic carbocycles. The Hall–Kier alpha value is -2.60. The number of nitrogens with one attached hydrogen (secondary N) is 1. The summed E-state index contributed by atoms with van der Waals surface area (Å²) in [5.41, 5.74) is 1.62. The Kier molecular flexibility index (Phi) is 5.50. The van der Waals surface area contributed by atoms with Gasteiger partial charge in [0.15, 0.2) is 0 Å². The Morgan fingerprint density at radius 3 is 2.80 bits per heavy atom. The third-order valence-electron chi connectivity index (χ3n) is 4.15. The Morgan fingerprint density at radius 2 is 2.04 bits per heavy atom. The summed E-state index contributed by atoms with van der Waals surface area (Å²) >= 11 is 0. The van der Waals surface area contributed by atoms with Crippen LogP contribution in [0.3, 0.4) is 0 Å². The van der Waals surface area contributed by atoms with E-state index < -0.39 is 0 Å². The van der Waals surface area contributed by atoms with Crippen molar-refractivity contribution in [1.82, 2.24) is 4.90 Å². The topological polar surface area (TPSA) is 50.8 Å². The van der Waals surface area contributed by atoms with Crippen molar-refractivity contribution in [2.45, 2.75) is 12.5 Å². The molecule has 5 nitrogen and oxygen atoms in total. The number of urea groups is 1. The summed E-state index contributed by atoms with van der Waals surface area (Å²) in [6.07, 6.45) is 0.529. The highest BCUT2D eigenvalue weighted by atomic mass is 19.1. The molecule has 0 aliphatic carbocycles. The maximum atomic E-state index is 13.0. The van der Waals surface area contributed by atoms with Crippen LogP contribution in [-0.4, -0.2) is 43.8 Å². The van der Waals surface area contributed by atoms with E-state index in [0.29, 0.717) is 37.6 Å². The fraction of sp³-hybridized carbons (Fsp3) is 0.316. The summed E-state index contributed by atoms with van der Waals surface area (Å²) in [6, 6.07) is 13.5. The quantitative estimate of drug-likeness (QED) is 0.926. The number of carbonyl (C=O) groups excluding carboxylic acids is 1. The zero-order valence-corrected chi connectivity index (χ0v) is 14.1. The summed E-state index contributed by atoms with van der Waals surface area (Å²) in [5, 5.41) is 2.88. The van der Waals surface area contributed by atoms with Crippen LogP contribution in [0.2, 0.25) is 0 Å². The van der Waals surface area contributed by atoms with E-state index in [2.05, 4.69) is 5.32 Å². The maximum Gasteiger partial charge on any atom is 0.322 e. The smallest absolute Gasteiger partial charge is 0.322 e. The molecular weight excluding hydrogens is 323 g/mol. The number of ether oxygens (including phenoxy) is 2. The molecular formula is C19H21FN2O3. The van der Waals surface area contributed by atoms with Crippen molar-refractivity contribution in [1.29, 1.82) is 0 Å². The third kappa shape index (κ3) is 4.48.